The molecule has 26 heavy (non-hydrogen) atoms. The summed E-state index contributed by atoms with van der Waals surface area (Å²) >= 11 is 0. The number of amides is 2. The van der Waals surface area contributed by atoms with E-state index in [1.165, 1.54) is 0 Å². The summed E-state index contributed by atoms with van der Waals surface area (Å²) < 4.78 is 0. The maximum atomic E-state index is 12.3. The molecule has 2 rings (SSSR count). The lowest BCUT2D eigenvalue weighted by Crippen LogP contribution is -2.42. The van der Waals surface area contributed by atoms with Gasteiger partial charge in [-0.1, -0.05) is 27.7 Å². The minimum absolute atomic E-state index is 0. The van der Waals surface area contributed by atoms with Gasteiger partial charge in [0.25, 0.3) is 11.8 Å². The lowest BCUT2D eigenvalue weighted by atomic mass is 9.81. The lowest BCUT2D eigenvalue weighted by molar-refractivity contribution is 0.0917. The number of rotatable bonds is 5. The average Bonchev–Trinajstić information content (AvgIpc) is 2.58. The third-order valence-corrected chi connectivity index (χ3v) is 4.67. The summed E-state index contributed by atoms with van der Waals surface area (Å²) in [5.41, 5.74) is 1.37. The molecule has 1 aliphatic heterocycles. The monoisotopic (exact) mass is 381 g/mol. The highest BCUT2D eigenvalue weighted by molar-refractivity contribution is 5.97. The molecule has 5 nitrogen and oxygen atoms in total. The largest absolute Gasteiger partial charge is 0.352 e. The number of carbonyl (C=O) groups excluding carboxylic acids is 2. The normalized spacial score (nSPS) is 16.3. The fourth-order valence-electron chi connectivity index (χ4n) is 2.82. The maximum Gasteiger partial charge on any atom is 0.251 e. The van der Waals surface area contributed by atoms with Gasteiger partial charge in [0.15, 0.2) is 0 Å². The summed E-state index contributed by atoms with van der Waals surface area (Å²) in [6.07, 6.45) is 2.14. The Morgan fingerprint density at radius 2 is 1.46 bits per heavy atom. The summed E-state index contributed by atoms with van der Waals surface area (Å²) in [5.74, 6) is -0.189. The van der Waals surface area contributed by atoms with Crippen molar-refractivity contribution in [3.05, 3.63) is 35.4 Å². The van der Waals surface area contributed by atoms with E-state index in [-0.39, 0.29) is 35.1 Å². The molecule has 2 amide bonds. The van der Waals surface area contributed by atoms with E-state index < -0.39 is 0 Å². The van der Waals surface area contributed by atoms with Gasteiger partial charge < -0.3 is 16.0 Å². The summed E-state index contributed by atoms with van der Waals surface area (Å²) in [5, 5.41) is 9.30. The number of piperidine rings is 1. The minimum Gasteiger partial charge on any atom is -0.352 e. The molecule has 1 saturated heterocycles. The van der Waals surface area contributed by atoms with Crippen LogP contribution in [0.4, 0.5) is 0 Å². The van der Waals surface area contributed by atoms with Crippen LogP contribution < -0.4 is 16.0 Å². The first kappa shape index (κ1) is 22.5. The molecule has 0 aliphatic carbocycles. The van der Waals surface area contributed by atoms with Gasteiger partial charge in [-0.2, -0.15) is 0 Å². The van der Waals surface area contributed by atoms with E-state index in [2.05, 4.69) is 43.6 Å². The van der Waals surface area contributed by atoms with Crippen molar-refractivity contribution >= 4 is 24.2 Å². The van der Waals surface area contributed by atoms with E-state index in [0.717, 1.165) is 25.9 Å². The van der Waals surface area contributed by atoms with Crippen molar-refractivity contribution in [3.8, 4) is 0 Å². The van der Waals surface area contributed by atoms with Gasteiger partial charge in [-0.25, -0.2) is 0 Å². The zero-order valence-electron chi connectivity index (χ0n) is 16.3. The smallest absolute Gasteiger partial charge is 0.251 e. The highest BCUT2D eigenvalue weighted by Crippen LogP contribution is 2.26. The minimum atomic E-state index is -0.107. The summed E-state index contributed by atoms with van der Waals surface area (Å²) in [6, 6.07) is 6.84. The number of carbonyl (C=O) groups is 2. The molecule has 146 valence electrons. The highest BCUT2D eigenvalue weighted by Gasteiger charge is 2.27. The summed E-state index contributed by atoms with van der Waals surface area (Å²) in [7, 11) is 0. The quantitative estimate of drug-likeness (QED) is 0.734. The molecular weight excluding hydrogens is 350 g/mol. The van der Waals surface area contributed by atoms with E-state index in [4.69, 9.17) is 0 Å². The van der Waals surface area contributed by atoms with Gasteiger partial charge in [0, 0.05) is 24.2 Å². The summed E-state index contributed by atoms with van der Waals surface area (Å²) in [4.78, 5) is 24.5. The van der Waals surface area contributed by atoms with Gasteiger partial charge in [-0.05, 0) is 61.0 Å². The number of hydrogen-bond acceptors (Lipinski definition) is 3. The molecule has 3 N–H and O–H groups in total. The standard InChI is InChI=1S/C20H31N3O2.ClH/c1-19(2,3)13-22-17(24)15-5-7-16(8-6-15)18(25)23-14-20(4)9-11-21-12-10-20;/h5-8,21H,9-14H2,1-4H3,(H,22,24)(H,23,25);1H. The van der Waals surface area contributed by atoms with Crippen LogP contribution in [0, 0.1) is 10.8 Å². The van der Waals surface area contributed by atoms with Crippen molar-refractivity contribution in [2.75, 3.05) is 26.2 Å². The Morgan fingerprint density at radius 3 is 1.92 bits per heavy atom. The number of nitrogens with one attached hydrogen (secondary N) is 3. The second-order valence-corrected chi connectivity index (χ2v) is 8.56. The second-order valence-electron chi connectivity index (χ2n) is 8.56. The van der Waals surface area contributed by atoms with Gasteiger partial charge in [0.1, 0.15) is 0 Å². The molecule has 1 aliphatic rings. The molecule has 0 radical (unpaired) electrons. The van der Waals surface area contributed by atoms with E-state index in [1.807, 2.05) is 0 Å². The molecule has 1 fully saturated rings. The fourth-order valence-corrected chi connectivity index (χ4v) is 2.82. The molecule has 1 heterocycles. The molecule has 0 aromatic heterocycles. The molecule has 1 aromatic carbocycles. The molecule has 0 unspecified atom stereocenters. The Hall–Kier alpha value is -1.59. The highest BCUT2D eigenvalue weighted by atomic mass is 35.5. The van der Waals surface area contributed by atoms with Crippen molar-refractivity contribution < 1.29 is 9.59 Å². The van der Waals surface area contributed by atoms with Crippen LogP contribution in [0.3, 0.4) is 0 Å². The van der Waals surface area contributed by atoms with E-state index in [0.29, 0.717) is 24.2 Å². The van der Waals surface area contributed by atoms with Crippen LogP contribution in [0.15, 0.2) is 24.3 Å². The first-order valence-electron chi connectivity index (χ1n) is 9.06. The zero-order valence-corrected chi connectivity index (χ0v) is 17.1. The summed E-state index contributed by atoms with van der Waals surface area (Å²) in [6.45, 7) is 11.7. The van der Waals surface area contributed by atoms with Crippen LogP contribution in [0.25, 0.3) is 0 Å². The fraction of sp³-hybridized carbons (Fsp3) is 0.600. The Labute approximate surface area is 163 Å². The number of halogens is 1. The predicted molar refractivity (Wildman–Crippen MR) is 108 cm³/mol. The lowest BCUT2D eigenvalue weighted by Gasteiger charge is -2.34. The van der Waals surface area contributed by atoms with Gasteiger partial charge in [-0.3, -0.25) is 9.59 Å². The van der Waals surface area contributed by atoms with Gasteiger partial charge in [-0.15, -0.1) is 12.4 Å². The Balaban J connectivity index is 0.00000338. The van der Waals surface area contributed by atoms with Crippen molar-refractivity contribution in [1.29, 1.82) is 0 Å². The average molecular weight is 382 g/mol. The second kappa shape index (κ2) is 9.38. The van der Waals surface area contributed by atoms with Crippen molar-refractivity contribution in [2.45, 2.75) is 40.5 Å². The Morgan fingerprint density at radius 1 is 1.00 bits per heavy atom. The topological polar surface area (TPSA) is 70.2 Å². The Bertz CT molecular complexity index is 602. The van der Waals surface area contributed by atoms with E-state index in [1.54, 1.807) is 24.3 Å². The maximum absolute atomic E-state index is 12.3. The van der Waals surface area contributed by atoms with Crippen molar-refractivity contribution in [1.82, 2.24) is 16.0 Å². The van der Waals surface area contributed by atoms with Crippen molar-refractivity contribution in [3.63, 3.8) is 0 Å². The first-order valence-corrected chi connectivity index (χ1v) is 9.06. The predicted octanol–water partition coefficient (Wildman–Crippen LogP) is 3.00. The third-order valence-electron chi connectivity index (χ3n) is 4.67. The first-order chi connectivity index (χ1) is 11.7. The van der Waals surface area contributed by atoms with Crippen LogP contribution in [0.1, 0.15) is 61.3 Å². The van der Waals surface area contributed by atoms with Crippen LogP contribution in [0.2, 0.25) is 0 Å². The van der Waals surface area contributed by atoms with Crippen LogP contribution in [-0.4, -0.2) is 38.0 Å². The molecule has 6 heteroatoms. The van der Waals surface area contributed by atoms with Crippen LogP contribution in [0.5, 0.6) is 0 Å². The molecule has 0 saturated carbocycles. The van der Waals surface area contributed by atoms with Crippen LogP contribution >= 0.6 is 12.4 Å². The van der Waals surface area contributed by atoms with E-state index in [9.17, 15) is 9.59 Å². The van der Waals surface area contributed by atoms with Gasteiger partial charge >= 0.3 is 0 Å². The van der Waals surface area contributed by atoms with E-state index >= 15 is 0 Å². The molecule has 0 spiro atoms. The number of benzene rings is 1. The number of hydrogen-bond donors (Lipinski definition) is 3. The molecular formula is C20H32ClN3O2. The molecule has 0 bridgehead atoms. The third kappa shape index (κ3) is 6.96. The van der Waals surface area contributed by atoms with Gasteiger partial charge in [0.2, 0.25) is 0 Å². The SMILES string of the molecule is CC(C)(C)CNC(=O)c1ccc(C(=O)NCC2(C)CCNCC2)cc1.Cl. The molecule has 1 aromatic rings. The molecule has 0 atom stereocenters. The Kier molecular flexibility index (Phi) is 8.10. The van der Waals surface area contributed by atoms with Crippen molar-refractivity contribution in [2.24, 2.45) is 10.8 Å². The zero-order chi connectivity index (χ0) is 18.5. The van der Waals surface area contributed by atoms with Crippen LogP contribution in [-0.2, 0) is 0 Å². The van der Waals surface area contributed by atoms with Gasteiger partial charge in [0.05, 0.1) is 0 Å².